The minimum absolute atomic E-state index is 0.0853. The molecule has 0 unspecified atom stereocenters. The predicted octanol–water partition coefficient (Wildman–Crippen LogP) is 4.94. The fourth-order valence-corrected chi connectivity index (χ4v) is 3.95. The highest BCUT2D eigenvalue weighted by molar-refractivity contribution is 9.10. The SMILES string of the molecule is CC(=O)Nc1c(C(=O)c2ccc(Br)cc2)oc2nc(C)c3c(c12)CC(C)(C)OC3. The second-order valence-electron chi connectivity index (χ2n) is 7.88. The van der Waals surface area contributed by atoms with Gasteiger partial charge in [0.15, 0.2) is 0 Å². The summed E-state index contributed by atoms with van der Waals surface area (Å²) < 4.78 is 12.8. The number of ether oxygens (including phenoxy) is 1. The zero-order valence-corrected chi connectivity index (χ0v) is 18.3. The summed E-state index contributed by atoms with van der Waals surface area (Å²) in [4.78, 5) is 29.7. The van der Waals surface area contributed by atoms with Gasteiger partial charge in [-0.25, -0.2) is 4.98 Å². The molecule has 1 N–H and O–H groups in total. The van der Waals surface area contributed by atoms with Crippen molar-refractivity contribution in [2.75, 3.05) is 5.32 Å². The minimum Gasteiger partial charge on any atom is -0.432 e. The number of anilines is 1. The number of carbonyl (C=O) groups excluding carboxylic acids is 2. The number of halogens is 1. The molecule has 0 spiro atoms. The van der Waals surface area contributed by atoms with Crippen molar-refractivity contribution in [3.05, 3.63) is 56.9 Å². The van der Waals surface area contributed by atoms with E-state index in [0.29, 0.717) is 35.4 Å². The zero-order chi connectivity index (χ0) is 20.9. The summed E-state index contributed by atoms with van der Waals surface area (Å²) in [7, 11) is 0. The van der Waals surface area contributed by atoms with Gasteiger partial charge >= 0.3 is 0 Å². The number of aromatic nitrogens is 1. The number of benzene rings is 1. The molecule has 0 bridgehead atoms. The molecule has 1 amide bonds. The number of amides is 1. The van der Waals surface area contributed by atoms with Gasteiger partial charge in [-0.15, -0.1) is 0 Å². The number of pyridine rings is 1. The Morgan fingerprint density at radius 3 is 2.52 bits per heavy atom. The highest BCUT2D eigenvalue weighted by atomic mass is 79.9. The summed E-state index contributed by atoms with van der Waals surface area (Å²) in [5.74, 6) is -0.503. The number of ketones is 1. The maximum absolute atomic E-state index is 13.2. The third-order valence-electron chi connectivity index (χ3n) is 5.09. The molecule has 0 aliphatic carbocycles. The first-order valence-electron chi connectivity index (χ1n) is 9.33. The summed E-state index contributed by atoms with van der Waals surface area (Å²) in [6.45, 7) is 7.77. The molecular formula is C22H21BrN2O4. The van der Waals surface area contributed by atoms with E-state index in [1.165, 1.54) is 6.92 Å². The molecule has 1 aliphatic rings. The molecule has 6 nitrogen and oxygen atoms in total. The van der Waals surface area contributed by atoms with E-state index in [4.69, 9.17) is 9.15 Å². The largest absolute Gasteiger partial charge is 0.432 e. The van der Waals surface area contributed by atoms with Crippen LogP contribution in [0, 0.1) is 6.92 Å². The number of hydrogen-bond acceptors (Lipinski definition) is 5. The lowest BCUT2D eigenvalue weighted by molar-refractivity contribution is -0.114. The van der Waals surface area contributed by atoms with Crippen molar-refractivity contribution in [2.45, 2.75) is 46.3 Å². The van der Waals surface area contributed by atoms with Crippen LogP contribution in [0.15, 0.2) is 33.2 Å². The fraction of sp³-hybridized carbons (Fsp3) is 0.318. The smallest absolute Gasteiger partial charge is 0.230 e. The molecule has 0 radical (unpaired) electrons. The molecule has 0 saturated carbocycles. The Hall–Kier alpha value is -2.51. The van der Waals surface area contributed by atoms with Gasteiger partial charge in [-0.2, -0.15) is 0 Å². The van der Waals surface area contributed by atoms with E-state index in [1.54, 1.807) is 24.3 Å². The lowest BCUT2D eigenvalue weighted by atomic mass is 9.89. The summed E-state index contributed by atoms with van der Waals surface area (Å²) >= 11 is 3.37. The van der Waals surface area contributed by atoms with Gasteiger partial charge in [0.1, 0.15) is 5.69 Å². The van der Waals surface area contributed by atoms with Crippen LogP contribution in [0.5, 0.6) is 0 Å². The topological polar surface area (TPSA) is 81.4 Å². The molecule has 3 aromatic rings. The van der Waals surface area contributed by atoms with Gasteiger partial charge in [0.25, 0.3) is 0 Å². The number of fused-ring (bicyclic) bond motifs is 3. The first-order valence-corrected chi connectivity index (χ1v) is 10.1. The number of nitrogens with one attached hydrogen (secondary N) is 1. The Morgan fingerprint density at radius 1 is 1.17 bits per heavy atom. The molecule has 0 fully saturated rings. The van der Waals surface area contributed by atoms with Crippen molar-refractivity contribution >= 4 is 44.4 Å². The van der Waals surface area contributed by atoms with E-state index in [0.717, 1.165) is 21.3 Å². The molecule has 3 heterocycles. The second kappa shape index (κ2) is 7.07. The monoisotopic (exact) mass is 456 g/mol. The van der Waals surface area contributed by atoms with Gasteiger partial charge in [0.05, 0.1) is 17.6 Å². The number of aryl methyl sites for hydroxylation is 1. The van der Waals surface area contributed by atoms with Crippen molar-refractivity contribution < 1.29 is 18.7 Å². The van der Waals surface area contributed by atoms with Crippen LogP contribution in [0.3, 0.4) is 0 Å². The van der Waals surface area contributed by atoms with Crippen LogP contribution >= 0.6 is 15.9 Å². The first kappa shape index (κ1) is 19.8. The summed E-state index contributed by atoms with van der Waals surface area (Å²) in [5, 5.41) is 3.49. The lowest BCUT2D eigenvalue weighted by Gasteiger charge is -2.32. The molecule has 0 saturated heterocycles. The summed E-state index contributed by atoms with van der Waals surface area (Å²) in [6.07, 6.45) is 0.625. The van der Waals surface area contributed by atoms with Gasteiger partial charge in [-0.3, -0.25) is 9.59 Å². The molecule has 150 valence electrons. The third-order valence-corrected chi connectivity index (χ3v) is 5.61. The maximum atomic E-state index is 13.2. The maximum Gasteiger partial charge on any atom is 0.230 e. The number of furan rings is 1. The van der Waals surface area contributed by atoms with Gasteiger partial charge in [0, 0.05) is 34.6 Å². The van der Waals surface area contributed by atoms with Gasteiger partial charge in [0.2, 0.25) is 23.2 Å². The molecule has 2 aromatic heterocycles. The van der Waals surface area contributed by atoms with Crippen LogP contribution in [0.4, 0.5) is 5.69 Å². The van der Waals surface area contributed by atoms with E-state index in [1.807, 2.05) is 20.8 Å². The Morgan fingerprint density at radius 2 is 1.86 bits per heavy atom. The van der Waals surface area contributed by atoms with Crippen LogP contribution in [-0.2, 0) is 22.6 Å². The number of rotatable bonds is 3. The van der Waals surface area contributed by atoms with E-state index >= 15 is 0 Å². The Labute approximate surface area is 176 Å². The summed E-state index contributed by atoms with van der Waals surface area (Å²) in [5.41, 5.74) is 3.61. The molecular weight excluding hydrogens is 436 g/mol. The van der Waals surface area contributed by atoms with Crippen LogP contribution in [0.2, 0.25) is 0 Å². The molecule has 0 atom stereocenters. The van der Waals surface area contributed by atoms with Crippen molar-refractivity contribution in [2.24, 2.45) is 0 Å². The highest BCUT2D eigenvalue weighted by Crippen LogP contribution is 2.40. The predicted molar refractivity (Wildman–Crippen MR) is 113 cm³/mol. The Balaban J connectivity index is 1.97. The van der Waals surface area contributed by atoms with Crippen molar-refractivity contribution in [1.29, 1.82) is 0 Å². The lowest BCUT2D eigenvalue weighted by Crippen LogP contribution is -2.32. The van der Waals surface area contributed by atoms with E-state index in [2.05, 4.69) is 26.2 Å². The Bertz CT molecular complexity index is 1150. The quantitative estimate of drug-likeness (QED) is 0.564. The standard InChI is InChI=1S/C22H21BrN2O4/c1-11-16-10-28-22(3,4)9-15(16)17-18(25-12(2)26)20(29-21(17)24-11)19(27)13-5-7-14(23)8-6-13/h5-8H,9-10H2,1-4H3,(H,25,26). The molecule has 7 heteroatoms. The van der Waals surface area contributed by atoms with Crippen LogP contribution < -0.4 is 5.32 Å². The van der Waals surface area contributed by atoms with E-state index in [9.17, 15) is 9.59 Å². The molecule has 4 rings (SSSR count). The third kappa shape index (κ3) is 3.60. The highest BCUT2D eigenvalue weighted by Gasteiger charge is 2.33. The van der Waals surface area contributed by atoms with E-state index < -0.39 is 0 Å². The van der Waals surface area contributed by atoms with Crippen molar-refractivity contribution in [1.82, 2.24) is 4.98 Å². The zero-order valence-electron chi connectivity index (χ0n) is 16.7. The van der Waals surface area contributed by atoms with Gasteiger partial charge < -0.3 is 14.5 Å². The van der Waals surface area contributed by atoms with E-state index in [-0.39, 0.29) is 23.1 Å². The molecule has 1 aliphatic heterocycles. The number of hydrogen-bond donors (Lipinski definition) is 1. The van der Waals surface area contributed by atoms with Crippen LogP contribution in [0.1, 0.15) is 53.7 Å². The molecule has 29 heavy (non-hydrogen) atoms. The minimum atomic E-state index is -0.367. The van der Waals surface area contributed by atoms with Crippen molar-refractivity contribution in [3.63, 3.8) is 0 Å². The second-order valence-corrected chi connectivity index (χ2v) is 8.80. The van der Waals surface area contributed by atoms with Crippen LogP contribution in [0.25, 0.3) is 11.1 Å². The summed E-state index contributed by atoms with van der Waals surface area (Å²) in [6, 6.07) is 7.00. The first-order chi connectivity index (χ1) is 13.7. The number of nitrogens with zero attached hydrogens (tertiary/aromatic N) is 1. The average Bonchev–Trinajstić information content (AvgIpc) is 2.98. The normalized spacial score (nSPS) is 15.2. The van der Waals surface area contributed by atoms with Crippen molar-refractivity contribution in [3.8, 4) is 0 Å². The van der Waals surface area contributed by atoms with Gasteiger partial charge in [-0.05, 0) is 50.6 Å². The fourth-order valence-electron chi connectivity index (χ4n) is 3.69. The van der Waals surface area contributed by atoms with Crippen LogP contribution in [-0.4, -0.2) is 22.3 Å². The average molecular weight is 457 g/mol. The van der Waals surface area contributed by atoms with Gasteiger partial charge in [-0.1, -0.05) is 15.9 Å². The molecule has 1 aromatic carbocycles. The number of carbonyl (C=O) groups is 2. The Kier molecular flexibility index (Phi) is 4.83.